The molecule has 1 fully saturated rings. The number of urea groups is 1. The fraction of sp³-hybridized carbons (Fsp3) is 0.300. The highest BCUT2D eigenvalue weighted by Gasteiger charge is 2.46. The molecule has 1 aliphatic rings. The van der Waals surface area contributed by atoms with Gasteiger partial charge in [0.15, 0.2) is 23.1 Å². The highest BCUT2D eigenvalue weighted by molar-refractivity contribution is 6.27. The fourth-order valence-corrected chi connectivity index (χ4v) is 3.04. The second-order valence-electron chi connectivity index (χ2n) is 7.15. The smallest absolute Gasteiger partial charge is 0.433 e. The Morgan fingerprint density at radius 3 is 2.26 bits per heavy atom. The lowest BCUT2D eigenvalue weighted by Gasteiger charge is -2.32. The van der Waals surface area contributed by atoms with Crippen molar-refractivity contribution in [2.24, 2.45) is 5.92 Å². The minimum Gasteiger partial charge on any atom is -0.493 e. The summed E-state index contributed by atoms with van der Waals surface area (Å²) in [5.74, 6) is -4.83. The average molecular weight is 481 g/mol. The SMILES string of the molecule is COc1cc(NC(=O)C2C(=O)N(C)C(=O)N(C)C2=O)ccc1Oc1ncc(C)c(C(F)(F)F)n1. The van der Waals surface area contributed by atoms with Gasteiger partial charge in [0.25, 0.3) is 11.8 Å². The summed E-state index contributed by atoms with van der Waals surface area (Å²) >= 11 is 0. The summed E-state index contributed by atoms with van der Waals surface area (Å²) in [7, 11) is 3.52. The van der Waals surface area contributed by atoms with Gasteiger partial charge >= 0.3 is 18.2 Å². The van der Waals surface area contributed by atoms with Gasteiger partial charge in [-0.2, -0.15) is 18.2 Å². The number of rotatable bonds is 5. The normalized spacial score (nSPS) is 15.0. The maximum atomic E-state index is 13.1. The van der Waals surface area contributed by atoms with E-state index in [0.717, 1.165) is 20.3 Å². The highest BCUT2D eigenvalue weighted by Crippen LogP contribution is 2.35. The number of ether oxygens (including phenoxy) is 2. The van der Waals surface area contributed by atoms with E-state index in [0.29, 0.717) is 9.80 Å². The van der Waals surface area contributed by atoms with Crippen LogP contribution < -0.4 is 14.8 Å². The van der Waals surface area contributed by atoms with Crippen molar-refractivity contribution in [3.8, 4) is 17.5 Å². The number of amides is 5. The molecule has 2 heterocycles. The van der Waals surface area contributed by atoms with Crippen molar-refractivity contribution in [3.63, 3.8) is 0 Å². The molecule has 1 aliphatic heterocycles. The summed E-state index contributed by atoms with van der Waals surface area (Å²) in [5, 5.41) is 2.37. The van der Waals surface area contributed by atoms with Gasteiger partial charge in [-0.25, -0.2) is 9.78 Å². The third kappa shape index (κ3) is 4.60. The van der Waals surface area contributed by atoms with E-state index in [9.17, 15) is 32.3 Å². The minimum atomic E-state index is -4.70. The molecule has 11 nitrogen and oxygen atoms in total. The second kappa shape index (κ2) is 8.96. The van der Waals surface area contributed by atoms with E-state index in [4.69, 9.17) is 9.47 Å². The van der Waals surface area contributed by atoms with Crippen LogP contribution in [0.4, 0.5) is 23.7 Å². The van der Waals surface area contributed by atoms with Crippen LogP contribution in [0.25, 0.3) is 0 Å². The monoisotopic (exact) mass is 481 g/mol. The molecular weight excluding hydrogens is 463 g/mol. The molecule has 180 valence electrons. The predicted octanol–water partition coefficient (Wildman–Crippen LogP) is 2.21. The van der Waals surface area contributed by atoms with Crippen LogP contribution in [0.15, 0.2) is 24.4 Å². The molecular formula is C20H18F3N5O6. The molecule has 0 radical (unpaired) electrons. The minimum absolute atomic E-state index is 0.0127. The molecule has 34 heavy (non-hydrogen) atoms. The Kier molecular flexibility index (Phi) is 6.43. The van der Waals surface area contributed by atoms with Crippen LogP contribution >= 0.6 is 0 Å². The predicted molar refractivity (Wildman–Crippen MR) is 108 cm³/mol. The largest absolute Gasteiger partial charge is 0.493 e. The number of hydrogen-bond acceptors (Lipinski definition) is 8. The molecule has 0 bridgehead atoms. The molecule has 1 aromatic carbocycles. The number of anilines is 1. The van der Waals surface area contributed by atoms with Gasteiger partial charge in [-0.15, -0.1) is 0 Å². The second-order valence-corrected chi connectivity index (χ2v) is 7.15. The van der Waals surface area contributed by atoms with Crippen molar-refractivity contribution >= 4 is 29.4 Å². The van der Waals surface area contributed by atoms with Gasteiger partial charge in [0.1, 0.15) is 0 Å². The number of halogens is 3. The number of nitrogens with zero attached hydrogens (tertiary/aromatic N) is 4. The lowest BCUT2D eigenvalue weighted by atomic mass is 10.0. The van der Waals surface area contributed by atoms with Crippen molar-refractivity contribution in [2.75, 3.05) is 26.5 Å². The van der Waals surface area contributed by atoms with Gasteiger partial charge in [-0.1, -0.05) is 0 Å². The van der Waals surface area contributed by atoms with Gasteiger partial charge in [0.2, 0.25) is 5.91 Å². The fourth-order valence-electron chi connectivity index (χ4n) is 3.04. The number of barbiturate groups is 1. The molecule has 0 atom stereocenters. The summed E-state index contributed by atoms with van der Waals surface area (Å²) in [6.45, 7) is 1.21. The van der Waals surface area contributed by atoms with Crippen molar-refractivity contribution in [2.45, 2.75) is 13.1 Å². The molecule has 1 saturated heterocycles. The molecule has 5 amide bonds. The zero-order valence-corrected chi connectivity index (χ0v) is 18.3. The topological polar surface area (TPSA) is 131 Å². The Hall–Kier alpha value is -4.23. The van der Waals surface area contributed by atoms with Crippen LogP contribution in [0.2, 0.25) is 0 Å². The zero-order valence-electron chi connectivity index (χ0n) is 18.3. The summed E-state index contributed by atoms with van der Waals surface area (Å²) in [4.78, 5) is 57.4. The Morgan fingerprint density at radius 1 is 1.09 bits per heavy atom. The molecule has 0 aliphatic carbocycles. The number of carbonyl (C=O) groups is 4. The number of carbonyl (C=O) groups excluding carboxylic acids is 4. The first-order chi connectivity index (χ1) is 15.8. The number of hydrogen-bond donors (Lipinski definition) is 1. The van der Waals surface area contributed by atoms with E-state index in [1.807, 2.05) is 0 Å². The zero-order chi connectivity index (χ0) is 25.4. The van der Waals surface area contributed by atoms with Crippen LogP contribution in [0, 0.1) is 12.8 Å². The van der Waals surface area contributed by atoms with Crippen molar-refractivity contribution in [1.29, 1.82) is 0 Å². The summed E-state index contributed by atoms with van der Waals surface area (Å²) < 4.78 is 49.7. The number of alkyl halides is 3. The molecule has 0 saturated carbocycles. The molecule has 0 unspecified atom stereocenters. The summed E-state index contributed by atoms with van der Waals surface area (Å²) in [5.41, 5.74) is -1.26. The van der Waals surface area contributed by atoms with Crippen LogP contribution in [0.1, 0.15) is 11.3 Å². The maximum absolute atomic E-state index is 13.1. The number of benzene rings is 1. The number of imide groups is 2. The maximum Gasteiger partial charge on any atom is 0.433 e. The Bertz CT molecular complexity index is 1160. The van der Waals surface area contributed by atoms with Crippen LogP contribution in [-0.4, -0.2) is 64.7 Å². The van der Waals surface area contributed by atoms with Gasteiger partial charge in [-0.05, 0) is 24.6 Å². The highest BCUT2D eigenvalue weighted by atomic mass is 19.4. The van der Waals surface area contributed by atoms with Crippen LogP contribution in [0.3, 0.4) is 0 Å². The van der Waals surface area contributed by atoms with Crippen molar-refractivity contribution in [1.82, 2.24) is 19.8 Å². The van der Waals surface area contributed by atoms with Crippen LogP contribution in [-0.2, 0) is 20.6 Å². The van der Waals surface area contributed by atoms with E-state index < -0.39 is 47.6 Å². The number of aryl methyl sites for hydroxylation is 1. The van der Waals surface area contributed by atoms with E-state index in [2.05, 4.69) is 15.3 Å². The number of methoxy groups -OCH3 is 1. The Balaban J connectivity index is 1.82. The average Bonchev–Trinajstić information content (AvgIpc) is 2.78. The quantitative estimate of drug-likeness (QED) is 0.644. The van der Waals surface area contributed by atoms with Crippen LogP contribution in [0.5, 0.6) is 17.5 Å². The third-order valence-corrected chi connectivity index (χ3v) is 4.84. The van der Waals surface area contributed by atoms with E-state index in [1.165, 1.54) is 32.2 Å². The van der Waals surface area contributed by atoms with E-state index in [1.54, 1.807) is 0 Å². The van der Waals surface area contributed by atoms with E-state index >= 15 is 0 Å². The van der Waals surface area contributed by atoms with Gasteiger partial charge in [0.05, 0.1) is 7.11 Å². The van der Waals surface area contributed by atoms with Crippen molar-refractivity contribution in [3.05, 3.63) is 35.7 Å². The summed E-state index contributed by atoms with van der Waals surface area (Å²) in [6.07, 6.45) is -3.74. The molecule has 14 heteroatoms. The van der Waals surface area contributed by atoms with Gasteiger partial charge in [-0.3, -0.25) is 24.2 Å². The standard InChI is InChI=1S/C20H18F3N5O6/c1-9-8-24-18(26-14(9)20(21,22)23)34-11-6-5-10(7-12(11)33-4)25-15(29)13-16(30)27(2)19(32)28(3)17(13)31/h5-8,13H,1-4H3,(H,25,29). The first kappa shape index (κ1) is 24.4. The molecule has 0 spiro atoms. The Morgan fingerprint density at radius 2 is 1.71 bits per heavy atom. The molecule has 3 rings (SSSR count). The summed E-state index contributed by atoms with van der Waals surface area (Å²) in [6, 6.07) is 2.36. The number of nitrogens with one attached hydrogen (secondary N) is 1. The molecule has 2 aromatic rings. The first-order valence-electron chi connectivity index (χ1n) is 9.51. The van der Waals surface area contributed by atoms with Gasteiger partial charge in [0, 0.05) is 32.0 Å². The third-order valence-electron chi connectivity index (χ3n) is 4.84. The van der Waals surface area contributed by atoms with Gasteiger partial charge < -0.3 is 14.8 Å². The molecule has 1 N–H and O–H groups in total. The first-order valence-corrected chi connectivity index (χ1v) is 9.51. The van der Waals surface area contributed by atoms with Crippen molar-refractivity contribution < 1.29 is 41.8 Å². The van der Waals surface area contributed by atoms with E-state index in [-0.39, 0.29) is 22.7 Å². The lowest BCUT2D eigenvalue weighted by molar-refractivity contribution is -0.151. The lowest BCUT2D eigenvalue weighted by Crippen LogP contribution is -2.59. The number of aromatic nitrogens is 2. The molecule has 1 aromatic heterocycles. The Labute approximate surface area is 190 Å².